The molecule has 0 spiro atoms. The molecule has 1 aliphatic rings. The minimum atomic E-state index is 0.565. The minimum Gasteiger partial charge on any atom is -0.497 e. The maximum absolute atomic E-state index is 5.46. The Morgan fingerprint density at radius 3 is 2.77 bits per heavy atom. The van der Waals surface area contributed by atoms with Crippen LogP contribution in [0.15, 0.2) is 23.2 Å². The summed E-state index contributed by atoms with van der Waals surface area (Å²) in [6.07, 6.45) is 2.49. The van der Waals surface area contributed by atoms with E-state index in [9.17, 15) is 0 Å². The third-order valence-electron chi connectivity index (χ3n) is 4.71. The highest BCUT2D eigenvalue weighted by molar-refractivity contribution is 5.79. The van der Waals surface area contributed by atoms with Gasteiger partial charge in [0.2, 0.25) is 0 Å². The lowest BCUT2D eigenvalue weighted by Gasteiger charge is -2.17. The second-order valence-corrected chi connectivity index (χ2v) is 6.71. The van der Waals surface area contributed by atoms with Gasteiger partial charge in [-0.1, -0.05) is 6.92 Å². The van der Waals surface area contributed by atoms with E-state index in [-0.39, 0.29) is 0 Å². The van der Waals surface area contributed by atoms with Gasteiger partial charge in [-0.05, 0) is 50.9 Å². The first kappa shape index (κ1) is 20.4. The summed E-state index contributed by atoms with van der Waals surface area (Å²) < 4.78 is 10.7. The number of ether oxygens (including phenoxy) is 2. The molecule has 6 nitrogen and oxygen atoms in total. The van der Waals surface area contributed by atoms with Crippen LogP contribution in [0.4, 0.5) is 0 Å². The molecule has 26 heavy (non-hydrogen) atoms. The molecular formula is C20H34N4O2. The van der Waals surface area contributed by atoms with Crippen LogP contribution in [0.3, 0.4) is 0 Å². The highest BCUT2D eigenvalue weighted by atomic mass is 16.5. The molecule has 0 aromatic heterocycles. The zero-order valence-electron chi connectivity index (χ0n) is 16.7. The van der Waals surface area contributed by atoms with Crippen molar-refractivity contribution in [3.63, 3.8) is 0 Å². The Morgan fingerprint density at radius 1 is 1.23 bits per heavy atom. The molecule has 0 saturated carbocycles. The standard InChI is InChI=1S/C20H34N4O2/c1-5-10-24-11-9-16(15-24)13-22-20(21-6-2)23-14-17-7-8-18(25-3)12-19(17)26-4/h7-8,12,16H,5-6,9-11,13-15H2,1-4H3,(H2,21,22,23). The highest BCUT2D eigenvalue weighted by Gasteiger charge is 2.21. The predicted molar refractivity (Wildman–Crippen MR) is 107 cm³/mol. The first-order chi connectivity index (χ1) is 12.7. The van der Waals surface area contributed by atoms with E-state index < -0.39 is 0 Å². The van der Waals surface area contributed by atoms with E-state index in [0.29, 0.717) is 12.5 Å². The van der Waals surface area contributed by atoms with Crippen molar-refractivity contribution in [2.45, 2.75) is 33.2 Å². The van der Waals surface area contributed by atoms with Gasteiger partial charge in [0.15, 0.2) is 5.96 Å². The average Bonchev–Trinajstić information content (AvgIpc) is 3.11. The van der Waals surface area contributed by atoms with Crippen LogP contribution in [0, 0.1) is 5.92 Å². The molecule has 1 heterocycles. The van der Waals surface area contributed by atoms with Crippen molar-refractivity contribution in [1.29, 1.82) is 0 Å². The normalized spacial score (nSPS) is 18.0. The maximum Gasteiger partial charge on any atom is 0.191 e. The molecule has 1 saturated heterocycles. The van der Waals surface area contributed by atoms with E-state index in [1.54, 1.807) is 14.2 Å². The fourth-order valence-electron chi connectivity index (χ4n) is 3.33. The van der Waals surface area contributed by atoms with E-state index in [4.69, 9.17) is 14.5 Å². The third-order valence-corrected chi connectivity index (χ3v) is 4.71. The molecule has 1 unspecified atom stereocenters. The van der Waals surface area contributed by atoms with Crippen molar-refractivity contribution in [1.82, 2.24) is 15.5 Å². The number of nitrogens with zero attached hydrogens (tertiary/aromatic N) is 2. The SMILES string of the molecule is CCCN1CCC(CNC(=NCc2ccc(OC)cc2OC)NCC)C1. The van der Waals surface area contributed by atoms with Gasteiger partial charge < -0.3 is 25.0 Å². The van der Waals surface area contributed by atoms with Gasteiger partial charge in [-0.2, -0.15) is 0 Å². The van der Waals surface area contributed by atoms with E-state index in [2.05, 4.69) is 29.4 Å². The van der Waals surface area contributed by atoms with Gasteiger partial charge in [0.1, 0.15) is 11.5 Å². The van der Waals surface area contributed by atoms with E-state index in [1.165, 1.54) is 32.5 Å². The van der Waals surface area contributed by atoms with Gasteiger partial charge >= 0.3 is 0 Å². The molecule has 146 valence electrons. The second-order valence-electron chi connectivity index (χ2n) is 6.71. The number of benzene rings is 1. The Kier molecular flexibility index (Phi) is 8.54. The van der Waals surface area contributed by atoms with E-state index in [0.717, 1.165) is 36.1 Å². The first-order valence-electron chi connectivity index (χ1n) is 9.65. The summed E-state index contributed by atoms with van der Waals surface area (Å²) >= 11 is 0. The lowest BCUT2D eigenvalue weighted by atomic mass is 10.1. The lowest BCUT2D eigenvalue weighted by Crippen LogP contribution is -2.40. The summed E-state index contributed by atoms with van der Waals surface area (Å²) in [6, 6.07) is 5.84. The Hall–Kier alpha value is -1.95. The van der Waals surface area contributed by atoms with Crippen molar-refractivity contribution in [3.05, 3.63) is 23.8 Å². The summed E-state index contributed by atoms with van der Waals surface area (Å²) in [5.74, 6) is 3.15. The Morgan fingerprint density at radius 2 is 2.08 bits per heavy atom. The van der Waals surface area contributed by atoms with Gasteiger partial charge in [0.05, 0.1) is 20.8 Å². The number of hydrogen-bond donors (Lipinski definition) is 2. The lowest BCUT2D eigenvalue weighted by molar-refractivity contribution is 0.324. The van der Waals surface area contributed by atoms with Crippen LogP contribution in [0.2, 0.25) is 0 Å². The average molecular weight is 363 g/mol. The Balaban J connectivity index is 1.92. The molecule has 2 N–H and O–H groups in total. The summed E-state index contributed by atoms with van der Waals surface area (Å²) in [7, 11) is 3.33. The van der Waals surface area contributed by atoms with Crippen molar-refractivity contribution in [3.8, 4) is 11.5 Å². The van der Waals surface area contributed by atoms with Gasteiger partial charge in [-0.3, -0.25) is 0 Å². The fraction of sp³-hybridized carbons (Fsp3) is 0.650. The largest absolute Gasteiger partial charge is 0.497 e. The quantitative estimate of drug-likeness (QED) is 0.522. The number of aliphatic imine (C=N–C) groups is 1. The Bertz CT molecular complexity index is 577. The molecule has 0 radical (unpaired) electrons. The van der Waals surface area contributed by atoms with Crippen LogP contribution in [0.5, 0.6) is 11.5 Å². The molecular weight excluding hydrogens is 328 g/mol. The second kappa shape index (κ2) is 10.9. The molecule has 1 atom stereocenters. The van der Waals surface area contributed by atoms with Gasteiger partial charge in [0, 0.05) is 31.3 Å². The number of likely N-dealkylation sites (tertiary alicyclic amines) is 1. The van der Waals surface area contributed by atoms with Crippen molar-refractivity contribution >= 4 is 5.96 Å². The summed E-state index contributed by atoms with van der Waals surface area (Å²) in [5.41, 5.74) is 1.04. The minimum absolute atomic E-state index is 0.565. The van der Waals surface area contributed by atoms with E-state index >= 15 is 0 Å². The molecule has 1 aromatic carbocycles. The topological polar surface area (TPSA) is 58.1 Å². The molecule has 0 bridgehead atoms. The molecule has 6 heteroatoms. The van der Waals surface area contributed by atoms with Gasteiger partial charge in [0.25, 0.3) is 0 Å². The van der Waals surface area contributed by atoms with Crippen LogP contribution in [-0.2, 0) is 6.54 Å². The first-order valence-corrected chi connectivity index (χ1v) is 9.65. The number of hydrogen-bond acceptors (Lipinski definition) is 4. The molecule has 1 aromatic rings. The van der Waals surface area contributed by atoms with Crippen LogP contribution >= 0.6 is 0 Å². The van der Waals surface area contributed by atoms with Crippen LogP contribution < -0.4 is 20.1 Å². The zero-order valence-corrected chi connectivity index (χ0v) is 16.7. The third kappa shape index (κ3) is 6.09. The zero-order chi connectivity index (χ0) is 18.8. The monoisotopic (exact) mass is 362 g/mol. The summed E-state index contributed by atoms with van der Waals surface area (Å²) in [4.78, 5) is 7.28. The van der Waals surface area contributed by atoms with Crippen LogP contribution in [-0.4, -0.2) is 57.8 Å². The summed E-state index contributed by atoms with van der Waals surface area (Å²) in [5, 5.41) is 6.84. The number of rotatable bonds is 9. The fourth-order valence-corrected chi connectivity index (χ4v) is 3.33. The number of nitrogens with one attached hydrogen (secondary N) is 2. The smallest absolute Gasteiger partial charge is 0.191 e. The highest BCUT2D eigenvalue weighted by Crippen LogP contribution is 2.25. The van der Waals surface area contributed by atoms with Gasteiger partial charge in [-0.15, -0.1) is 0 Å². The number of methoxy groups -OCH3 is 2. The van der Waals surface area contributed by atoms with Crippen LogP contribution in [0.1, 0.15) is 32.3 Å². The summed E-state index contributed by atoms with van der Waals surface area (Å²) in [6.45, 7) is 10.3. The van der Waals surface area contributed by atoms with Gasteiger partial charge in [-0.25, -0.2) is 4.99 Å². The molecule has 0 amide bonds. The van der Waals surface area contributed by atoms with Crippen molar-refractivity contribution < 1.29 is 9.47 Å². The molecule has 2 rings (SSSR count). The molecule has 1 aliphatic heterocycles. The van der Waals surface area contributed by atoms with Crippen molar-refractivity contribution in [2.24, 2.45) is 10.9 Å². The van der Waals surface area contributed by atoms with Crippen molar-refractivity contribution in [2.75, 3.05) is 46.9 Å². The predicted octanol–water partition coefficient (Wildman–Crippen LogP) is 2.49. The van der Waals surface area contributed by atoms with Crippen LogP contribution in [0.25, 0.3) is 0 Å². The molecule has 1 fully saturated rings. The van der Waals surface area contributed by atoms with E-state index in [1.807, 2.05) is 18.2 Å². The molecule has 0 aliphatic carbocycles. The number of guanidine groups is 1. The maximum atomic E-state index is 5.46. The Labute approximate surface area is 158 Å².